The van der Waals surface area contributed by atoms with Crippen molar-refractivity contribution in [3.05, 3.63) is 101 Å². The van der Waals surface area contributed by atoms with Crippen LogP contribution in [0.1, 0.15) is 87.5 Å². The third kappa shape index (κ3) is 9.79. The molecule has 50 heavy (non-hydrogen) atoms. The summed E-state index contributed by atoms with van der Waals surface area (Å²) in [6.07, 6.45) is 4.63. The maximum absolute atomic E-state index is 13.3. The lowest BCUT2D eigenvalue weighted by Crippen LogP contribution is -2.40. The van der Waals surface area contributed by atoms with Crippen LogP contribution in [0.25, 0.3) is 11.1 Å². The van der Waals surface area contributed by atoms with Gasteiger partial charge in [-0.2, -0.15) is 0 Å². The lowest BCUT2D eigenvalue weighted by Gasteiger charge is -2.36. The molecule has 0 amide bonds. The van der Waals surface area contributed by atoms with E-state index >= 15 is 0 Å². The molecule has 0 bridgehead atoms. The number of pyridine rings is 1. The molecular formula is C41H54N4O4Si. The second-order valence-electron chi connectivity index (χ2n) is 16.0. The van der Waals surface area contributed by atoms with E-state index in [2.05, 4.69) is 75.2 Å². The number of nitrogens with zero attached hydrogens (tertiary/aromatic N) is 4. The normalized spacial score (nSPS) is 14.5. The Labute approximate surface area is 299 Å². The summed E-state index contributed by atoms with van der Waals surface area (Å²) in [5.41, 5.74) is 4.62. The third-order valence-electron chi connectivity index (χ3n) is 9.75. The van der Waals surface area contributed by atoms with Gasteiger partial charge in [0, 0.05) is 31.3 Å². The summed E-state index contributed by atoms with van der Waals surface area (Å²) in [7, 11) is -1.79. The van der Waals surface area contributed by atoms with E-state index in [1.54, 1.807) is 0 Å². The Bertz CT molecular complexity index is 1720. The van der Waals surface area contributed by atoms with E-state index in [1.165, 1.54) is 5.56 Å². The van der Waals surface area contributed by atoms with Crippen molar-refractivity contribution in [3.8, 4) is 16.9 Å². The molecule has 3 heterocycles. The van der Waals surface area contributed by atoms with Crippen molar-refractivity contribution >= 4 is 20.1 Å². The Hall–Kier alpha value is -4.08. The van der Waals surface area contributed by atoms with Gasteiger partial charge in [-0.15, -0.1) is 0 Å². The molecule has 0 aliphatic carbocycles. The van der Waals surface area contributed by atoms with Crippen LogP contribution in [0.3, 0.4) is 0 Å². The highest BCUT2D eigenvalue weighted by molar-refractivity contribution is 6.74. The number of aromatic nitrogens is 3. The summed E-state index contributed by atoms with van der Waals surface area (Å²) in [4.78, 5) is 30.0. The Kier molecular flexibility index (Phi) is 11.5. The minimum atomic E-state index is -1.79. The molecule has 8 nitrogen and oxygen atoms in total. The lowest BCUT2D eigenvalue weighted by atomic mass is 9.93. The largest absolute Gasteiger partial charge is 0.484 e. The second-order valence-corrected chi connectivity index (χ2v) is 20.8. The second kappa shape index (κ2) is 15.4. The number of esters is 1. The molecule has 2 aromatic heterocycles. The van der Waals surface area contributed by atoms with Crippen LogP contribution in [-0.4, -0.2) is 47.9 Å². The highest BCUT2D eigenvalue weighted by Gasteiger charge is 2.37. The van der Waals surface area contributed by atoms with E-state index in [9.17, 15) is 4.79 Å². The van der Waals surface area contributed by atoms with E-state index in [0.29, 0.717) is 42.8 Å². The lowest BCUT2D eigenvalue weighted by molar-refractivity contribution is 0.00571. The van der Waals surface area contributed by atoms with Crippen LogP contribution in [0.4, 0.5) is 5.82 Å². The minimum Gasteiger partial charge on any atom is -0.484 e. The summed E-state index contributed by atoms with van der Waals surface area (Å²) in [5, 5.41) is 0.196. The number of anilines is 1. The van der Waals surface area contributed by atoms with Crippen molar-refractivity contribution in [2.45, 2.75) is 105 Å². The number of hydrogen-bond acceptors (Lipinski definition) is 8. The van der Waals surface area contributed by atoms with Crippen molar-refractivity contribution in [1.82, 2.24) is 15.0 Å². The molecule has 1 saturated heterocycles. The maximum atomic E-state index is 13.3. The molecule has 2 aromatic carbocycles. The van der Waals surface area contributed by atoms with Gasteiger partial charge < -0.3 is 18.8 Å². The molecule has 0 N–H and O–H groups in total. The summed E-state index contributed by atoms with van der Waals surface area (Å²) >= 11 is 0. The molecule has 0 spiro atoms. The fourth-order valence-electron chi connectivity index (χ4n) is 5.72. The van der Waals surface area contributed by atoms with Gasteiger partial charge in [0.1, 0.15) is 23.9 Å². The van der Waals surface area contributed by atoms with E-state index in [-0.39, 0.29) is 10.7 Å². The van der Waals surface area contributed by atoms with Gasteiger partial charge in [0.15, 0.2) is 19.8 Å². The molecule has 4 aromatic rings. The average molecular weight is 695 g/mol. The van der Waals surface area contributed by atoms with E-state index in [0.717, 1.165) is 48.4 Å². The third-order valence-corrected chi connectivity index (χ3v) is 14.2. The van der Waals surface area contributed by atoms with Crippen LogP contribution in [0, 0.1) is 12.8 Å². The molecule has 1 fully saturated rings. The summed E-state index contributed by atoms with van der Waals surface area (Å²) in [6.45, 7) is 21.6. The van der Waals surface area contributed by atoms with Gasteiger partial charge in [0.05, 0.1) is 12.3 Å². The zero-order chi connectivity index (χ0) is 36.1. The van der Waals surface area contributed by atoms with Crippen molar-refractivity contribution < 1.29 is 18.7 Å². The quantitative estimate of drug-likeness (QED) is 0.113. The first-order valence-electron chi connectivity index (χ1n) is 17.8. The van der Waals surface area contributed by atoms with Crippen LogP contribution >= 0.6 is 0 Å². The van der Waals surface area contributed by atoms with Gasteiger partial charge in [-0.1, -0.05) is 75.4 Å². The summed E-state index contributed by atoms with van der Waals surface area (Å²) in [6, 6.07) is 22.8. The Morgan fingerprint density at radius 1 is 0.840 bits per heavy atom. The van der Waals surface area contributed by atoms with Crippen LogP contribution in [0.15, 0.2) is 72.9 Å². The zero-order valence-electron chi connectivity index (χ0n) is 31.4. The average Bonchev–Trinajstić information content (AvgIpc) is 3.06. The number of rotatable bonds is 11. The smallest absolute Gasteiger partial charge is 0.361 e. The van der Waals surface area contributed by atoms with Crippen LogP contribution < -0.4 is 9.64 Å². The standard InChI is InChI=1S/C41H54N4O4Si/c1-29-38(47-27-31-13-11-10-12-14-31)37(39(46)49-40(2,3)4)44-35(43-29)25-30-21-23-45(24-22-30)36-20-19-34(26-42-36)33-17-15-32(16-18-33)28-48-50(8,9)41(5,6)7/h10-20,26,30H,21-25,27-28H2,1-9H3. The molecule has 0 saturated carbocycles. The first-order chi connectivity index (χ1) is 23.6. The first-order valence-corrected chi connectivity index (χ1v) is 20.7. The van der Waals surface area contributed by atoms with Crippen LogP contribution in [0.2, 0.25) is 18.1 Å². The number of hydrogen-bond donors (Lipinski definition) is 0. The van der Waals surface area contributed by atoms with Gasteiger partial charge >= 0.3 is 5.97 Å². The van der Waals surface area contributed by atoms with Crippen molar-refractivity contribution in [3.63, 3.8) is 0 Å². The Morgan fingerprint density at radius 3 is 2.08 bits per heavy atom. The molecular weight excluding hydrogens is 641 g/mol. The van der Waals surface area contributed by atoms with Gasteiger partial charge in [-0.3, -0.25) is 0 Å². The Morgan fingerprint density at radius 2 is 1.48 bits per heavy atom. The fourth-order valence-corrected chi connectivity index (χ4v) is 6.68. The number of carbonyl (C=O) groups excluding carboxylic acids is 1. The fraction of sp³-hybridized carbons (Fsp3) is 0.463. The molecule has 5 rings (SSSR count). The Balaban J connectivity index is 1.19. The number of ether oxygens (including phenoxy) is 2. The van der Waals surface area contributed by atoms with Gasteiger partial charge in [0.25, 0.3) is 0 Å². The maximum Gasteiger partial charge on any atom is 0.361 e. The predicted octanol–water partition coefficient (Wildman–Crippen LogP) is 9.36. The van der Waals surface area contributed by atoms with E-state index < -0.39 is 19.9 Å². The monoisotopic (exact) mass is 694 g/mol. The molecule has 1 aliphatic heterocycles. The van der Waals surface area contributed by atoms with Crippen molar-refractivity contribution in [2.75, 3.05) is 18.0 Å². The zero-order valence-corrected chi connectivity index (χ0v) is 32.4. The van der Waals surface area contributed by atoms with Crippen molar-refractivity contribution in [2.24, 2.45) is 5.92 Å². The first kappa shape index (κ1) is 37.2. The molecule has 0 radical (unpaired) electrons. The summed E-state index contributed by atoms with van der Waals surface area (Å²) < 4.78 is 18.3. The number of benzene rings is 2. The molecule has 0 atom stereocenters. The van der Waals surface area contributed by atoms with Crippen molar-refractivity contribution in [1.29, 1.82) is 0 Å². The number of carbonyl (C=O) groups is 1. The minimum absolute atomic E-state index is 0.189. The number of piperidine rings is 1. The number of aryl methyl sites for hydroxylation is 1. The van der Waals surface area contributed by atoms with Gasteiger partial charge in [-0.05, 0) is 93.4 Å². The molecule has 0 unspecified atom stereocenters. The van der Waals surface area contributed by atoms with Crippen LogP contribution in [0.5, 0.6) is 5.75 Å². The van der Waals surface area contributed by atoms with Crippen LogP contribution in [-0.2, 0) is 28.8 Å². The SMILES string of the molecule is Cc1nc(CC2CCN(c3ccc(-c4ccc(CO[Si](C)(C)C(C)(C)C)cc4)cn3)CC2)nc(C(=O)OC(C)(C)C)c1OCc1ccccc1. The molecule has 266 valence electrons. The van der Waals surface area contributed by atoms with Gasteiger partial charge in [0.2, 0.25) is 0 Å². The molecule has 1 aliphatic rings. The predicted molar refractivity (Wildman–Crippen MR) is 203 cm³/mol. The summed E-state index contributed by atoms with van der Waals surface area (Å²) in [5.74, 6) is 1.91. The molecule has 9 heteroatoms. The van der Waals surface area contributed by atoms with Gasteiger partial charge in [-0.25, -0.2) is 19.7 Å². The highest BCUT2D eigenvalue weighted by atomic mass is 28.4. The highest BCUT2D eigenvalue weighted by Crippen LogP contribution is 2.37. The topological polar surface area (TPSA) is 86.7 Å². The van der Waals surface area contributed by atoms with E-state index in [4.69, 9.17) is 28.9 Å². The van der Waals surface area contributed by atoms with E-state index in [1.807, 2.05) is 64.2 Å².